The van der Waals surface area contributed by atoms with Crippen molar-refractivity contribution in [1.29, 1.82) is 0 Å². The second kappa shape index (κ2) is 8.10. The normalized spacial score (nSPS) is 17.4. The number of ether oxygens (including phenoxy) is 1. The van der Waals surface area contributed by atoms with Gasteiger partial charge in [-0.25, -0.2) is 4.98 Å². The van der Waals surface area contributed by atoms with Crippen LogP contribution in [0.4, 0.5) is 5.95 Å². The molecule has 3 aromatic heterocycles. The number of piperazine rings is 1. The smallest absolute Gasteiger partial charge is 0.207 e. The van der Waals surface area contributed by atoms with E-state index in [2.05, 4.69) is 54.7 Å². The number of imidazole rings is 1. The Hall–Kier alpha value is -3.99. The molecule has 172 valence electrons. The van der Waals surface area contributed by atoms with Gasteiger partial charge in [-0.05, 0) is 45.0 Å². The maximum Gasteiger partial charge on any atom is 0.207 e. The zero-order chi connectivity index (χ0) is 23.2. The van der Waals surface area contributed by atoms with Crippen molar-refractivity contribution >= 4 is 17.0 Å². The van der Waals surface area contributed by atoms with Gasteiger partial charge in [0.1, 0.15) is 23.9 Å². The van der Waals surface area contributed by atoms with Crippen LogP contribution < -0.4 is 9.64 Å². The molecule has 1 aromatic carbocycles. The van der Waals surface area contributed by atoms with Gasteiger partial charge in [0.25, 0.3) is 0 Å². The molecule has 4 aromatic rings. The van der Waals surface area contributed by atoms with Crippen LogP contribution in [-0.2, 0) is 0 Å². The molecule has 6 rings (SSSR count). The predicted octanol–water partition coefficient (Wildman–Crippen LogP) is 3.79. The summed E-state index contributed by atoms with van der Waals surface area (Å²) >= 11 is 0. The highest BCUT2D eigenvalue weighted by atomic mass is 16.5. The minimum Gasteiger partial charge on any atom is -0.488 e. The molecule has 0 N–H and O–H groups in total. The SMILES string of the molecule is CC#CN1CCN(c2nc3ccc(-c4c(C)noc4C)c4c3n2[C@@H](c2ccccn2)CO4)CC1. The fraction of sp³-hybridized carbons (Fsp3) is 0.346. The number of hydrogen-bond donors (Lipinski definition) is 0. The van der Waals surface area contributed by atoms with Crippen LogP contribution in [0.1, 0.15) is 30.1 Å². The largest absolute Gasteiger partial charge is 0.488 e. The average Bonchev–Trinajstić information content (AvgIpc) is 3.42. The van der Waals surface area contributed by atoms with Crippen LogP contribution >= 0.6 is 0 Å². The number of aromatic nitrogens is 4. The molecule has 0 amide bonds. The zero-order valence-electron chi connectivity index (χ0n) is 19.6. The van der Waals surface area contributed by atoms with Crippen LogP contribution in [0.25, 0.3) is 22.2 Å². The van der Waals surface area contributed by atoms with Gasteiger partial charge in [0.2, 0.25) is 5.95 Å². The van der Waals surface area contributed by atoms with Gasteiger partial charge in [0, 0.05) is 44.0 Å². The molecular weight excluding hydrogens is 428 g/mol. The molecule has 0 spiro atoms. The first-order valence-electron chi connectivity index (χ1n) is 11.6. The third-order valence-electron chi connectivity index (χ3n) is 6.65. The molecular formula is C26H26N6O2. The highest BCUT2D eigenvalue weighted by molar-refractivity contribution is 5.94. The second-order valence-corrected chi connectivity index (χ2v) is 8.71. The molecule has 0 radical (unpaired) electrons. The first-order chi connectivity index (χ1) is 16.7. The van der Waals surface area contributed by atoms with Gasteiger partial charge in [-0.1, -0.05) is 17.1 Å². The Bertz CT molecular complexity index is 1400. The van der Waals surface area contributed by atoms with Crippen LogP contribution in [-0.4, -0.2) is 57.4 Å². The predicted molar refractivity (Wildman–Crippen MR) is 130 cm³/mol. The van der Waals surface area contributed by atoms with Gasteiger partial charge in [0.05, 0.1) is 22.5 Å². The van der Waals surface area contributed by atoms with Crippen LogP contribution in [0.3, 0.4) is 0 Å². The molecule has 8 nitrogen and oxygen atoms in total. The topological polar surface area (TPSA) is 72.5 Å². The van der Waals surface area contributed by atoms with E-state index >= 15 is 0 Å². The summed E-state index contributed by atoms with van der Waals surface area (Å²) in [5.74, 6) is 5.57. The fourth-order valence-corrected chi connectivity index (χ4v) is 5.08. The van der Waals surface area contributed by atoms with Gasteiger partial charge >= 0.3 is 0 Å². The standard InChI is InChI=1S/C26H26N6O2/c1-4-11-30-12-14-31(15-13-30)26-28-21-9-8-19(23-17(2)29-34-18(23)3)25-24(21)32(26)22(16-33-25)20-7-5-6-10-27-20/h5-10,22H,12-16H2,1-3H3/t22-/m1/s1. The zero-order valence-corrected chi connectivity index (χ0v) is 19.6. The lowest BCUT2D eigenvalue weighted by molar-refractivity contribution is 0.256. The highest BCUT2D eigenvalue weighted by Crippen LogP contribution is 2.45. The van der Waals surface area contributed by atoms with Gasteiger partial charge in [-0.2, -0.15) is 0 Å². The summed E-state index contributed by atoms with van der Waals surface area (Å²) in [5, 5.41) is 4.16. The number of pyridine rings is 1. The van der Waals surface area contributed by atoms with Crippen molar-refractivity contribution in [3.8, 4) is 28.8 Å². The van der Waals surface area contributed by atoms with E-state index in [0.717, 1.165) is 77.2 Å². The summed E-state index contributed by atoms with van der Waals surface area (Å²) in [4.78, 5) is 14.3. The van der Waals surface area contributed by atoms with E-state index in [9.17, 15) is 0 Å². The Labute approximate surface area is 198 Å². The fourth-order valence-electron chi connectivity index (χ4n) is 5.08. The lowest BCUT2D eigenvalue weighted by Gasteiger charge is -2.35. The maximum absolute atomic E-state index is 6.46. The highest BCUT2D eigenvalue weighted by Gasteiger charge is 2.34. The number of nitrogens with zero attached hydrogens (tertiary/aromatic N) is 6. The monoisotopic (exact) mass is 454 g/mol. The second-order valence-electron chi connectivity index (χ2n) is 8.71. The van der Waals surface area contributed by atoms with E-state index in [0.29, 0.717) is 6.61 Å². The number of rotatable bonds is 3. The van der Waals surface area contributed by atoms with Crippen molar-refractivity contribution in [3.63, 3.8) is 0 Å². The van der Waals surface area contributed by atoms with E-state index < -0.39 is 0 Å². The summed E-state index contributed by atoms with van der Waals surface area (Å²) < 4.78 is 14.2. The van der Waals surface area contributed by atoms with Crippen molar-refractivity contribution in [2.75, 3.05) is 37.7 Å². The van der Waals surface area contributed by atoms with Crippen molar-refractivity contribution < 1.29 is 9.26 Å². The molecule has 5 heterocycles. The van der Waals surface area contributed by atoms with Crippen molar-refractivity contribution in [2.45, 2.75) is 26.8 Å². The Balaban J connectivity index is 1.54. The first kappa shape index (κ1) is 20.6. The summed E-state index contributed by atoms with van der Waals surface area (Å²) in [6.07, 6.45) is 1.83. The van der Waals surface area contributed by atoms with Crippen LogP contribution in [0.5, 0.6) is 5.75 Å². The van der Waals surface area contributed by atoms with Crippen molar-refractivity contribution in [2.24, 2.45) is 0 Å². The van der Waals surface area contributed by atoms with Gasteiger partial charge < -0.3 is 19.1 Å². The lowest BCUT2D eigenvalue weighted by atomic mass is 10.0. The summed E-state index contributed by atoms with van der Waals surface area (Å²) in [7, 11) is 0. The third kappa shape index (κ3) is 3.19. The first-order valence-corrected chi connectivity index (χ1v) is 11.6. The number of aryl methyl sites for hydroxylation is 2. The molecule has 34 heavy (non-hydrogen) atoms. The lowest BCUT2D eigenvalue weighted by Crippen LogP contribution is -2.45. The van der Waals surface area contributed by atoms with Crippen LogP contribution in [0, 0.1) is 25.8 Å². The molecule has 8 heteroatoms. The van der Waals surface area contributed by atoms with Crippen molar-refractivity contribution in [1.82, 2.24) is 24.6 Å². The van der Waals surface area contributed by atoms with Gasteiger partial charge in [-0.15, -0.1) is 0 Å². The molecule has 0 saturated carbocycles. The maximum atomic E-state index is 6.46. The van der Waals surface area contributed by atoms with E-state index in [1.807, 2.05) is 39.1 Å². The molecule has 2 aliphatic heterocycles. The Morgan fingerprint density at radius 2 is 1.91 bits per heavy atom. The van der Waals surface area contributed by atoms with E-state index in [1.54, 1.807) is 0 Å². The molecule has 1 atom stereocenters. The van der Waals surface area contributed by atoms with Crippen molar-refractivity contribution in [3.05, 3.63) is 53.7 Å². The Kier molecular flexibility index (Phi) is 4.91. The summed E-state index contributed by atoms with van der Waals surface area (Å²) in [5.41, 5.74) is 5.69. The summed E-state index contributed by atoms with van der Waals surface area (Å²) in [6.45, 7) is 9.74. The molecule has 0 bridgehead atoms. The Morgan fingerprint density at radius 3 is 2.62 bits per heavy atom. The molecule has 0 unspecified atom stereocenters. The van der Waals surface area contributed by atoms with Crippen LogP contribution in [0.2, 0.25) is 0 Å². The number of anilines is 1. The number of benzene rings is 1. The molecule has 1 saturated heterocycles. The van der Waals surface area contributed by atoms with Gasteiger partial charge in [-0.3, -0.25) is 9.55 Å². The minimum atomic E-state index is -0.0675. The third-order valence-corrected chi connectivity index (χ3v) is 6.65. The molecule has 0 aliphatic carbocycles. The molecule has 1 fully saturated rings. The molecule has 2 aliphatic rings. The van der Waals surface area contributed by atoms with E-state index in [4.69, 9.17) is 14.2 Å². The minimum absolute atomic E-state index is 0.0675. The van der Waals surface area contributed by atoms with E-state index in [1.165, 1.54) is 0 Å². The average molecular weight is 455 g/mol. The number of hydrogen-bond acceptors (Lipinski definition) is 7. The quantitative estimate of drug-likeness (QED) is 0.436. The van der Waals surface area contributed by atoms with Crippen LogP contribution in [0.15, 0.2) is 41.1 Å². The van der Waals surface area contributed by atoms with Gasteiger partial charge in [0.15, 0.2) is 5.75 Å². The Morgan fingerprint density at radius 1 is 1.06 bits per heavy atom. The van der Waals surface area contributed by atoms with E-state index in [-0.39, 0.29) is 6.04 Å². The summed E-state index contributed by atoms with van der Waals surface area (Å²) in [6, 6.07) is 13.3.